The van der Waals surface area contributed by atoms with Crippen LogP contribution in [0.15, 0.2) is 12.7 Å². The van der Waals surface area contributed by atoms with E-state index in [9.17, 15) is 10.2 Å². The molecule has 3 heterocycles. The van der Waals surface area contributed by atoms with Gasteiger partial charge < -0.3 is 25.8 Å². The summed E-state index contributed by atoms with van der Waals surface area (Å²) in [7, 11) is 0. The molecule has 0 radical (unpaired) electrons. The van der Waals surface area contributed by atoms with Crippen molar-refractivity contribution < 1.29 is 83.5 Å². The molecule has 0 unspecified atom stereocenters. The zero-order valence-corrected chi connectivity index (χ0v) is 17.0. The summed E-state index contributed by atoms with van der Waals surface area (Å²) >= 11 is -5.94. The van der Waals surface area contributed by atoms with Crippen LogP contribution < -0.4 is 69.1 Å². The van der Waals surface area contributed by atoms with Crippen LogP contribution in [-0.2, 0) is 4.74 Å². The number of nitrogens with two attached hydrogens (primary N) is 1. The first-order valence-corrected chi connectivity index (χ1v) is 9.83. The van der Waals surface area contributed by atoms with Crippen LogP contribution in [0.5, 0.6) is 0 Å². The fourth-order valence-electron chi connectivity index (χ4n) is 2.17. The number of aliphatic hydroxyl groups is 3. The van der Waals surface area contributed by atoms with E-state index in [0.29, 0.717) is 11.2 Å². The van der Waals surface area contributed by atoms with E-state index in [1.807, 2.05) is 0 Å². The number of anilines is 1. The molecule has 25 heavy (non-hydrogen) atoms. The van der Waals surface area contributed by atoms with Crippen LogP contribution in [0.1, 0.15) is 6.23 Å². The summed E-state index contributed by atoms with van der Waals surface area (Å²) in [5.74, 6) is 0.218. The third-order valence-electron chi connectivity index (χ3n) is 3.18. The first kappa shape index (κ1) is 22.8. The molecule has 0 spiro atoms. The van der Waals surface area contributed by atoms with Gasteiger partial charge in [0.2, 0.25) is 0 Å². The maximum Gasteiger partial charge on any atom is 1.00 e. The monoisotopic (exact) mass is 481 g/mol. The summed E-state index contributed by atoms with van der Waals surface area (Å²) in [6.07, 6.45) is -1.42. The number of nitrogen functional groups attached to an aromatic ring is 1. The van der Waals surface area contributed by atoms with Crippen molar-refractivity contribution in [3.8, 4) is 0 Å². The van der Waals surface area contributed by atoms with Gasteiger partial charge in [0.25, 0.3) is 0 Å². The van der Waals surface area contributed by atoms with Crippen molar-refractivity contribution in [2.45, 2.75) is 24.5 Å². The quantitative estimate of drug-likeness (QED) is 0.231. The molecule has 0 saturated carbocycles. The normalized spacial score (nSPS) is 26.0. The van der Waals surface area contributed by atoms with Gasteiger partial charge in [-0.2, -0.15) is 0 Å². The molecule has 13 nitrogen and oxygen atoms in total. The van der Waals surface area contributed by atoms with Gasteiger partial charge in [0.05, 0.1) is 12.9 Å². The van der Waals surface area contributed by atoms with Gasteiger partial charge in [-0.05, 0) is 0 Å². The number of ether oxygens (including phenoxy) is 1. The number of halogens is 1. The minimum absolute atomic E-state index is 0. The van der Waals surface area contributed by atoms with E-state index in [-0.39, 0.29) is 35.4 Å². The van der Waals surface area contributed by atoms with Crippen LogP contribution in [0.4, 0.5) is 5.82 Å². The largest absolute Gasteiger partial charge is 1.00 e. The Labute approximate surface area is 168 Å². The average molecular weight is 481 g/mol. The third kappa shape index (κ3) is 5.62. The maximum atomic E-state index is 9.95. The summed E-state index contributed by atoms with van der Waals surface area (Å²) in [4.78, 5) is 11.9. The van der Waals surface area contributed by atoms with Crippen molar-refractivity contribution in [1.29, 1.82) is 0 Å². The van der Waals surface area contributed by atoms with Crippen molar-refractivity contribution in [1.82, 2.24) is 19.5 Å². The summed E-state index contributed by atoms with van der Waals surface area (Å²) in [5.41, 5.74) is 6.44. The Morgan fingerprint density at radius 2 is 1.76 bits per heavy atom. The summed E-state index contributed by atoms with van der Waals surface area (Å²) < 4.78 is 41.3. The molecular formula is C10H13IN5NaO8. The van der Waals surface area contributed by atoms with Crippen molar-refractivity contribution >= 4 is 17.0 Å². The first-order chi connectivity index (χ1) is 11.1. The average Bonchev–Trinajstić information content (AvgIpc) is 3.01. The molecule has 1 aliphatic rings. The van der Waals surface area contributed by atoms with Gasteiger partial charge in [0, 0.05) is 0 Å². The van der Waals surface area contributed by atoms with E-state index in [0.717, 1.165) is 0 Å². The molecule has 15 heteroatoms. The molecule has 1 saturated heterocycles. The number of aromatic nitrogens is 4. The van der Waals surface area contributed by atoms with Crippen LogP contribution in [0.3, 0.4) is 0 Å². The van der Waals surface area contributed by atoms with Gasteiger partial charge in [0.15, 0.2) is 17.7 Å². The van der Waals surface area contributed by atoms with Crippen LogP contribution in [0.25, 0.3) is 11.2 Å². The second-order valence-electron chi connectivity index (χ2n) is 4.69. The number of fused-ring (bicyclic) bond motifs is 1. The van der Waals surface area contributed by atoms with E-state index in [1.54, 1.807) is 0 Å². The number of hydrogen-bond donors (Lipinski definition) is 4. The molecule has 0 aliphatic carbocycles. The van der Waals surface area contributed by atoms with Crippen LogP contribution >= 0.6 is 0 Å². The minimum atomic E-state index is -5.94. The Kier molecular flexibility index (Phi) is 8.31. The predicted octanol–water partition coefficient (Wildman–Crippen LogP) is -12.7. The van der Waals surface area contributed by atoms with E-state index in [2.05, 4.69) is 15.0 Å². The molecule has 1 fully saturated rings. The fraction of sp³-hybridized carbons (Fsp3) is 0.500. The van der Waals surface area contributed by atoms with Gasteiger partial charge in [-0.15, -0.1) is 0 Å². The number of hydrogen-bond acceptors (Lipinski definition) is 12. The van der Waals surface area contributed by atoms with Crippen molar-refractivity contribution in [3.05, 3.63) is 12.7 Å². The minimum Gasteiger partial charge on any atom is -0.394 e. The molecule has 2 aromatic heterocycles. The smallest absolute Gasteiger partial charge is 0.394 e. The Bertz CT molecular complexity index is 693. The number of rotatable bonds is 2. The number of nitrogens with zero attached hydrogens (tertiary/aromatic N) is 4. The van der Waals surface area contributed by atoms with Crippen LogP contribution in [0.2, 0.25) is 0 Å². The summed E-state index contributed by atoms with van der Waals surface area (Å²) in [6.45, 7) is -0.390. The summed E-state index contributed by atoms with van der Waals surface area (Å²) in [6, 6.07) is 0. The molecule has 134 valence electrons. The molecule has 0 amide bonds. The fourth-order valence-corrected chi connectivity index (χ4v) is 2.17. The number of aliphatic hydroxyl groups excluding tert-OH is 3. The molecule has 0 aromatic carbocycles. The molecular weight excluding hydrogens is 468 g/mol. The SMILES string of the molecule is Nc1ncnc2c1ncn2[C@@H]1O[C@H](CO)[C@@H](O)[C@H]1O.[Na+].[O-][I+3]([O-])([O-])[O-]. The van der Waals surface area contributed by atoms with Gasteiger partial charge in [-0.25, -0.2) is 15.0 Å². The molecule has 5 N–H and O–H groups in total. The molecule has 0 bridgehead atoms. The molecule has 3 rings (SSSR count). The third-order valence-corrected chi connectivity index (χ3v) is 3.18. The Balaban J connectivity index is 0.000000462. The van der Waals surface area contributed by atoms with Gasteiger partial charge in [-0.3, -0.25) is 18.3 Å². The standard InChI is InChI=1S/C10H13N5O4.IO4.Na/c11-8-5-9(13-2-12-8)15(3-14-5)10-7(18)6(17)4(1-16)19-10;2-1(3,4)5;/h2-4,6-7,10,16-18H,1H2,(H2,11,12,13);;/q;-1;+1/t4-,6-,7-,10-;;/m1../s1. The summed E-state index contributed by atoms with van der Waals surface area (Å²) in [5, 5.41) is 28.7. The molecule has 4 atom stereocenters. The van der Waals surface area contributed by atoms with E-state index in [4.69, 9.17) is 29.3 Å². The van der Waals surface area contributed by atoms with Crippen molar-refractivity contribution in [2.24, 2.45) is 0 Å². The van der Waals surface area contributed by atoms with Gasteiger partial charge in [0.1, 0.15) is 50.2 Å². The van der Waals surface area contributed by atoms with E-state index < -0.39 is 51.2 Å². The van der Waals surface area contributed by atoms with Crippen LogP contribution in [0, 0.1) is 0 Å². The van der Waals surface area contributed by atoms with Gasteiger partial charge >= 0.3 is 29.6 Å². The van der Waals surface area contributed by atoms with Crippen LogP contribution in [-0.4, -0.2) is 59.8 Å². The maximum absolute atomic E-state index is 9.95. The predicted molar refractivity (Wildman–Crippen MR) is 62.7 cm³/mol. The second kappa shape index (κ2) is 9.11. The van der Waals surface area contributed by atoms with E-state index >= 15 is 0 Å². The van der Waals surface area contributed by atoms with Crippen molar-refractivity contribution in [2.75, 3.05) is 12.3 Å². The second-order valence-corrected chi connectivity index (χ2v) is 6.85. The zero-order valence-electron chi connectivity index (χ0n) is 12.8. The Hall–Kier alpha value is -0.240. The topological polar surface area (TPSA) is 232 Å². The van der Waals surface area contributed by atoms with Crippen molar-refractivity contribution in [3.63, 3.8) is 0 Å². The molecule has 2 aromatic rings. The number of imidazole rings is 1. The van der Waals surface area contributed by atoms with E-state index in [1.165, 1.54) is 17.2 Å². The molecule has 1 aliphatic heterocycles. The Morgan fingerprint density at radius 3 is 2.28 bits per heavy atom. The Morgan fingerprint density at radius 1 is 1.16 bits per heavy atom. The first-order valence-electron chi connectivity index (χ1n) is 6.30. The zero-order chi connectivity index (χ0) is 18.1. The van der Waals surface area contributed by atoms with Gasteiger partial charge in [-0.1, -0.05) is 0 Å².